The van der Waals surface area contributed by atoms with Crippen molar-refractivity contribution in [3.8, 4) is 11.4 Å². The monoisotopic (exact) mass is 600 g/mol. The maximum absolute atomic E-state index is 5.09. The summed E-state index contributed by atoms with van der Waals surface area (Å²) < 4.78 is 7.09. The van der Waals surface area contributed by atoms with Crippen LogP contribution in [0.3, 0.4) is 0 Å². The molecule has 0 atom stereocenters. The average Bonchev–Trinajstić information content (AvgIpc) is 3.80. The van der Waals surface area contributed by atoms with Crippen molar-refractivity contribution in [2.45, 2.75) is 0 Å². The van der Waals surface area contributed by atoms with Gasteiger partial charge in [0.1, 0.15) is 5.65 Å². The van der Waals surface area contributed by atoms with Gasteiger partial charge in [0.15, 0.2) is 5.65 Å². The molecule has 6 heterocycles. The molecule has 5 aromatic carbocycles. The third-order valence-electron chi connectivity index (χ3n) is 9.74. The Bertz CT molecular complexity index is 3060. The fourth-order valence-electron chi connectivity index (χ4n) is 7.91. The number of hydrogen-bond acceptors (Lipinski definition) is 3. The van der Waals surface area contributed by atoms with Crippen molar-refractivity contribution >= 4 is 82.1 Å². The van der Waals surface area contributed by atoms with Crippen LogP contribution in [0.2, 0.25) is 0 Å². The van der Waals surface area contributed by atoms with Crippen LogP contribution < -0.4 is 0 Å². The third kappa shape index (κ3) is 3.16. The molecule has 0 unspecified atom stereocenters. The van der Waals surface area contributed by atoms with Gasteiger partial charge >= 0.3 is 0 Å². The summed E-state index contributed by atoms with van der Waals surface area (Å²) in [5.74, 6) is 0. The summed E-state index contributed by atoms with van der Waals surface area (Å²) in [6.07, 6.45) is 5.66. The zero-order valence-corrected chi connectivity index (χ0v) is 25.0. The maximum atomic E-state index is 5.09. The summed E-state index contributed by atoms with van der Waals surface area (Å²) in [5, 5.41) is 8.24. The Labute approximate surface area is 267 Å². The second-order valence-corrected chi connectivity index (χ2v) is 12.1. The fourth-order valence-corrected chi connectivity index (χ4v) is 7.91. The summed E-state index contributed by atoms with van der Waals surface area (Å²) in [7, 11) is 0. The van der Waals surface area contributed by atoms with E-state index in [0.29, 0.717) is 0 Å². The van der Waals surface area contributed by atoms with E-state index in [0.717, 1.165) is 50.0 Å². The first-order valence-electron chi connectivity index (χ1n) is 15.8. The molecule has 6 heteroatoms. The molecule has 0 aliphatic carbocycles. The second-order valence-electron chi connectivity index (χ2n) is 12.1. The van der Waals surface area contributed by atoms with Crippen LogP contribution in [0.4, 0.5) is 0 Å². The normalized spacial score (nSPS) is 12.3. The molecule has 0 amide bonds. The number of hydrogen-bond donors (Lipinski definition) is 0. The number of para-hydroxylation sites is 3. The fraction of sp³-hybridized carbons (Fsp3) is 0. The Morgan fingerprint density at radius 2 is 1.11 bits per heavy atom. The average molecular weight is 601 g/mol. The third-order valence-corrected chi connectivity index (χ3v) is 9.74. The molecular weight excluding hydrogens is 576 g/mol. The Balaban J connectivity index is 1.45. The first-order valence-corrected chi connectivity index (χ1v) is 15.8. The minimum atomic E-state index is 0.728. The summed E-state index contributed by atoms with van der Waals surface area (Å²) in [6.45, 7) is 0. The summed E-state index contributed by atoms with van der Waals surface area (Å²) in [6, 6.07) is 45.5. The van der Waals surface area contributed by atoms with Crippen LogP contribution in [0.1, 0.15) is 0 Å². The van der Waals surface area contributed by atoms with Gasteiger partial charge in [-0.3, -0.25) is 9.38 Å². The van der Waals surface area contributed by atoms with Gasteiger partial charge in [0.25, 0.3) is 0 Å². The first-order chi connectivity index (χ1) is 23.4. The maximum Gasteiger partial charge on any atom is 0.178 e. The molecule has 218 valence electrons. The van der Waals surface area contributed by atoms with Crippen molar-refractivity contribution in [3.63, 3.8) is 0 Å². The molecule has 0 spiro atoms. The van der Waals surface area contributed by atoms with E-state index < -0.39 is 0 Å². The highest BCUT2D eigenvalue weighted by Crippen LogP contribution is 2.45. The summed E-state index contributed by atoms with van der Waals surface area (Å²) >= 11 is 0. The van der Waals surface area contributed by atoms with Gasteiger partial charge in [-0.1, -0.05) is 66.7 Å². The van der Waals surface area contributed by atoms with Crippen LogP contribution >= 0.6 is 0 Å². The summed E-state index contributed by atoms with van der Waals surface area (Å²) in [4.78, 5) is 14.3. The summed E-state index contributed by atoms with van der Waals surface area (Å²) in [5.41, 5.74) is 10.5. The minimum absolute atomic E-state index is 0.728. The lowest BCUT2D eigenvalue weighted by Crippen LogP contribution is -1.98. The van der Waals surface area contributed by atoms with Crippen molar-refractivity contribution in [1.82, 2.24) is 28.5 Å². The first kappa shape index (κ1) is 24.8. The molecule has 0 radical (unpaired) electrons. The lowest BCUT2D eigenvalue weighted by molar-refractivity contribution is 1.15. The van der Waals surface area contributed by atoms with Crippen molar-refractivity contribution in [3.05, 3.63) is 146 Å². The highest BCUT2D eigenvalue weighted by atomic mass is 15.1. The molecule has 6 aromatic heterocycles. The number of rotatable bonds is 2. The topological polar surface area (TPSA) is 52.9 Å². The van der Waals surface area contributed by atoms with Crippen molar-refractivity contribution in [2.24, 2.45) is 0 Å². The van der Waals surface area contributed by atoms with E-state index in [2.05, 4.69) is 145 Å². The zero-order valence-electron chi connectivity index (χ0n) is 25.0. The lowest BCUT2D eigenvalue weighted by Gasteiger charge is -2.12. The number of benzene rings is 5. The van der Waals surface area contributed by atoms with Gasteiger partial charge in [0.05, 0.1) is 39.3 Å². The molecule has 11 aromatic rings. The number of imidazole rings is 1. The van der Waals surface area contributed by atoms with E-state index >= 15 is 0 Å². The van der Waals surface area contributed by atoms with Crippen LogP contribution in [0.5, 0.6) is 0 Å². The molecule has 0 aliphatic rings. The van der Waals surface area contributed by atoms with E-state index in [1.165, 1.54) is 43.5 Å². The molecule has 0 saturated carbocycles. The van der Waals surface area contributed by atoms with E-state index in [4.69, 9.17) is 4.98 Å². The van der Waals surface area contributed by atoms with Crippen molar-refractivity contribution in [1.29, 1.82) is 0 Å². The van der Waals surface area contributed by atoms with Crippen LogP contribution in [0, 0.1) is 0 Å². The molecule has 47 heavy (non-hydrogen) atoms. The Hall–Kier alpha value is -6.53. The van der Waals surface area contributed by atoms with Gasteiger partial charge in [-0.15, -0.1) is 0 Å². The van der Waals surface area contributed by atoms with Crippen LogP contribution in [0.15, 0.2) is 146 Å². The number of pyridine rings is 3. The predicted octanol–water partition coefficient (Wildman–Crippen LogP) is 9.78. The van der Waals surface area contributed by atoms with Crippen LogP contribution in [0.25, 0.3) is 93.5 Å². The number of fused-ring (bicyclic) bond motifs is 16. The van der Waals surface area contributed by atoms with Gasteiger partial charge in [0.2, 0.25) is 0 Å². The smallest absolute Gasteiger partial charge is 0.178 e. The number of aromatic nitrogens is 6. The van der Waals surface area contributed by atoms with Gasteiger partial charge in [-0.25, -0.2) is 9.97 Å². The molecular formula is C41H24N6. The predicted molar refractivity (Wildman–Crippen MR) is 192 cm³/mol. The Morgan fingerprint density at radius 1 is 0.426 bits per heavy atom. The van der Waals surface area contributed by atoms with Gasteiger partial charge < -0.3 is 9.13 Å². The van der Waals surface area contributed by atoms with E-state index in [9.17, 15) is 0 Å². The molecule has 0 bridgehead atoms. The van der Waals surface area contributed by atoms with E-state index in [-0.39, 0.29) is 0 Å². The van der Waals surface area contributed by atoms with Crippen molar-refractivity contribution < 1.29 is 0 Å². The molecule has 6 nitrogen and oxygen atoms in total. The number of nitrogens with zero attached hydrogens (tertiary/aromatic N) is 6. The van der Waals surface area contributed by atoms with Gasteiger partial charge in [-0.05, 0) is 60.7 Å². The Morgan fingerprint density at radius 3 is 1.94 bits per heavy atom. The quantitative estimate of drug-likeness (QED) is 0.186. The zero-order chi connectivity index (χ0) is 30.6. The minimum Gasteiger partial charge on any atom is -0.307 e. The molecule has 0 N–H and O–H groups in total. The molecule has 0 saturated heterocycles. The van der Waals surface area contributed by atoms with E-state index in [1.54, 1.807) is 6.20 Å². The Kier molecular flexibility index (Phi) is 4.75. The highest BCUT2D eigenvalue weighted by molar-refractivity contribution is 6.33. The largest absolute Gasteiger partial charge is 0.307 e. The van der Waals surface area contributed by atoms with Gasteiger partial charge in [-0.2, -0.15) is 0 Å². The molecule has 11 rings (SSSR count). The molecule has 0 fully saturated rings. The standard InChI is InChI=1S/C41H24N6/c1-3-10-25(11-4-1)45-32-15-8-7-14-27(32)28-17-18-30-37-33(46(39(30)38(28)45)26-12-5-2-6-13-26)20-19-31-36(37)29-21-23-42-24-35(29)47-34-16-9-22-43-40(34)44-41(31)47/h1-24H. The SMILES string of the molecule is c1ccc(-n2c3ccccc3c3ccc4c5c6c7ccncc7n7c8cccnc8nc7c6ccc5n(-c5ccccc5)c4c32)cc1. The lowest BCUT2D eigenvalue weighted by atomic mass is 10.00. The van der Waals surface area contributed by atoms with Crippen molar-refractivity contribution in [2.75, 3.05) is 0 Å². The molecule has 0 aliphatic heterocycles. The van der Waals surface area contributed by atoms with E-state index in [1.807, 2.05) is 18.5 Å². The van der Waals surface area contributed by atoms with Gasteiger partial charge in [0, 0.05) is 61.5 Å². The van der Waals surface area contributed by atoms with Crippen LogP contribution in [-0.2, 0) is 0 Å². The van der Waals surface area contributed by atoms with Crippen LogP contribution in [-0.4, -0.2) is 28.5 Å². The highest BCUT2D eigenvalue weighted by Gasteiger charge is 2.24. The second kappa shape index (κ2) is 9.02.